The summed E-state index contributed by atoms with van der Waals surface area (Å²) in [7, 11) is 1.56. The van der Waals surface area contributed by atoms with E-state index in [1.54, 1.807) is 31.4 Å². The van der Waals surface area contributed by atoms with E-state index in [2.05, 4.69) is 0 Å². The molecule has 94 valence electrons. The average Bonchev–Trinajstić information content (AvgIpc) is 2.23. The van der Waals surface area contributed by atoms with Gasteiger partial charge in [0, 0.05) is 13.1 Å². The van der Waals surface area contributed by atoms with E-state index in [9.17, 15) is 13.2 Å². The molecule has 0 bridgehead atoms. The van der Waals surface area contributed by atoms with Crippen LogP contribution in [0.3, 0.4) is 0 Å². The largest absolute Gasteiger partial charge is 0.497 e. The molecule has 1 fully saturated rings. The van der Waals surface area contributed by atoms with E-state index in [4.69, 9.17) is 4.74 Å². The smallest absolute Gasteiger partial charge is 0.404 e. The van der Waals surface area contributed by atoms with Crippen molar-refractivity contribution in [3.8, 4) is 5.75 Å². The number of ether oxygens (including phenoxy) is 1. The van der Waals surface area contributed by atoms with Gasteiger partial charge in [-0.05, 0) is 24.1 Å². The summed E-state index contributed by atoms with van der Waals surface area (Å²) in [6.45, 7) is 0.852. The summed E-state index contributed by atoms with van der Waals surface area (Å²) in [6, 6.07) is 5.84. The molecule has 1 aromatic carbocycles. The van der Waals surface area contributed by atoms with Gasteiger partial charge in [-0.2, -0.15) is 13.2 Å². The maximum absolute atomic E-state index is 12.5. The van der Waals surface area contributed by atoms with Gasteiger partial charge in [-0.25, -0.2) is 0 Å². The summed E-state index contributed by atoms with van der Waals surface area (Å²) in [4.78, 5) is 1.45. The van der Waals surface area contributed by atoms with Gasteiger partial charge in [-0.3, -0.25) is 4.90 Å². The normalized spacial score (nSPS) is 21.1. The van der Waals surface area contributed by atoms with Crippen molar-refractivity contribution in [1.82, 2.24) is 4.90 Å². The number of hydrogen-bond donors (Lipinski definition) is 0. The number of rotatable bonds is 3. The maximum Gasteiger partial charge on any atom is 0.404 e. The highest BCUT2D eigenvalue weighted by atomic mass is 19.4. The molecule has 1 unspecified atom stereocenters. The standard InChI is InChI=1S/C12H14F3NO/c1-17-10-4-2-9(3-5-10)8-16-7-6-11(16)12(13,14)15/h2-5,11H,6-8H2,1H3. The fraction of sp³-hybridized carbons (Fsp3) is 0.500. The highest BCUT2D eigenvalue weighted by Crippen LogP contribution is 2.34. The van der Waals surface area contributed by atoms with E-state index in [1.165, 1.54) is 4.90 Å². The second kappa shape index (κ2) is 4.56. The first-order chi connectivity index (χ1) is 8.00. The van der Waals surface area contributed by atoms with E-state index in [0.29, 0.717) is 18.8 Å². The minimum atomic E-state index is -4.11. The third-order valence-electron chi connectivity index (χ3n) is 3.05. The Morgan fingerprint density at radius 1 is 1.29 bits per heavy atom. The predicted molar refractivity (Wildman–Crippen MR) is 57.9 cm³/mol. The fourth-order valence-corrected chi connectivity index (χ4v) is 1.97. The molecule has 0 amide bonds. The third-order valence-corrected chi connectivity index (χ3v) is 3.05. The predicted octanol–water partition coefficient (Wildman–Crippen LogP) is 2.83. The number of hydrogen-bond acceptors (Lipinski definition) is 2. The zero-order valence-electron chi connectivity index (χ0n) is 9.50. The third kappa shape index (κ3) is 2.72. The Kier molecular flexibility index (Phi) is 3.28. The zero-order valence-corrected chi connectivity index (χ0v) is 9.50. The molecule has 0 spiro atoms. The summed E-state index contributed by atoms with van der Waals surface area (Å²) in [5.41, 5.74) is 0.875. The molecule has 0 N–H and O–H groups in total. The monoisotopic (exact) mass is 245 g/mol. The first-order valence-electron chi connectivity index (χ1n) is 5.44. The summed E-state index contributed by atoms with van der Waals surface area (Å²) >= 11 is 0. The summed E-state index contributed by atoms with van der Waals surface area (Å²) in [5, 5.41) is 0. The SMILES string of the molecule is COc1ccc(CN2CCC2C(F)(F)F)cc1. The Morgan fingerprint density at radius 3 is 2.35 bits per heavy atom. The number of halogens is 3. The van der Waals surface area contributed by atoms with Crippen LogP contribution in [0.1, 0.15) is 12.0 Å². The highest BCUT2D eigenvalue weighted by molar-refractivity contribution is 5.27. The van der Waals surface area contributed by atoms with Crippen molar-refractivity contribution < 1.29 is 17.9 Å². The minimum absolute atomic E-state index is 0.208. The molecule has 1 aliphatic rings. The summed E-state index contributed by atoms with van der Waals surface area (Å²) in [5.74, 6) is 0.713. The van der Waals surface area contributed by atoms with Crippen LogP contribution in [-0.4, -0.2) is 30.8 Å². The zero-order chi connectivity index (χ0) is 12.5. The van der Waals surface area contributed by atoms with Crippen LogP contribution in [0.15, 0.2) is 24.3 Å². The lowest BCUT2D eigenvalue weighted by Gasteiger charge is -2.41. The van der Waals surface area contributed by atoms with Crippen molar-refractivity contribution in [2.45, 2.75) is 25.2 Å². The molecule has 17 heavy (non-hydrogen) atoms. The number of methoxy groups -OCH3 is 1. The molecule has 1 heterocycles. The highest BCUT2D eigenvalue weighted by Gasteiger charge is 2.48. The van der Waals surface area contributed by atoms with Gasteiger partial charge in [0.2, 0.25) is 0 Å². The van der Waals surface area contributed by atoms with Crippen LogP contribution in [0.4, 0.5) is 13.2 Å². The molecule has 5 heteroatoms. The van der Waals surface area contributed by atoms with Crippen molar-refractivity contribution in [2.75, 3.05) is 13.7 Å². The van der Waals surface area contributed by atoms with Gasteiger partial charge in [0.1, 0.15) is 11.8 Å². The Labute approximate surface area is 98.0 Å². The topological polar surface area (TPSA) is 12.5 Å². The number of alkyl halides is 3. The van der Waals surface area contributed by atoms with Gasteiger partial charge in [-0.1, -0.05) is 12.1 Å². The molecular weight excluding hydrogens is 231 g/mol. The van der Waals surface area contributed by atoms with Gasteiger partial charge in [0.15, 0.2) is 0 Å². The Morgan fingerprint density at radius 2 is 1.94 bits per heavy atom. The van der Waals surface area contributed by atoms with Gasteiger partial charge in [-0.15, -0.1) is 0 Å². The molecule has 0 saturated carbocycles. The molecule has 2 nitrogen and oxygen atoms in total. The Balaban J connectivity index is 1.97. The lowest BCUT2D eigenvalue weighted by molar-refractivity contribution is -0.212. The van der Waals surface area contributed by atoms with E-state index >= 15 is 0 Å². The van der Waals surface area contributed by atoms with Crippen LogP contribution >= 0.6 is 0 Å². The molecule has 1 saturated heterocycles. The van der Waals surface area contributed by atoms with Crippen molar-refractivity contribution in [3.05, 3.63) is 29.8 Å². The van der Waals surface area contributed by atoms with Crippen LogP contribution < -0.4 is 4.74 Å². The first kappa shape index (κ1) is 12.2. The number of benzene rings is 1. The second-order valence-corrected chi connectivity index (χ2v) is 4.16. The minimum Gasteiger partial charge on any atom is -0.497 e. The molecule has 1 atom stereocenters. The van der Waals surface area contributed by atoms with Crippen LogP contribution in [0.25, 0.3) is 0 Å². The quantitative estimate of drug-likeness (QED) is 0.812. The number of nitrogens with zero attached hydrogens (tertiary/aromatic N) is 1. The van der Waals surface area contributed by atoms with Gasteiger partial charge in [0.25, 0.3) is 0 Å². The molecule has 0 aliphatic carbocycles. The molecule has 1 aromatic rings. The Hall–Kier alpha value is -1.23. The maximum atomic E-state index is 12.5. The van der Waals surface area contributed by atoms with Crippen molar-refractivity contribution >= 4 is 0 Å². The van der Waals surface area contributed by atoms with Crippen LogP contribution in [0, 0.1) is 0 Å². The van der Waals surface area contributed by atoms with E-state index in [1.807, 2.05) is 0 Å². The Bertz CT molecular complexity index is 374. The van der Waals surface area contributed by atoms with Crippen LogP contribution in [0.2, 0.25) is 0 Å². The van der Waals surface area contributed by atoms with E-state index in [-0.39, 0.29) is 6.42 Å². The molecular formula is C12H14F3NO. The van der Waals surface area contributed by atoms with Crippen LogP contribution in [-0.2, 0) is 6.54 Å². The first-order valence-corrected chi connectivity index (χ1v) is 5.44. The van der Waals surface area contributed by atoms with Crippen molar-refractivity contribution in [2.24, 2.45) is 0 Å². The molecule has 0 radical (unpaired) electrons. The lowest BCUT2D eigenvalue weighted by atomic mass is 10.0. The van der Waals surface area contributed by atoms with Crippen molar-refractivity contribution in [3.63, 3.8) is 0 Å². The summed E-state index contributed by atoms with van der Waals surface area (Å²) < 4.78 is 42.5. The van der Waals surface area contributed by atoms with Gasteiger partial charge < -0.3 is 4.74 Å². The van der Waals surface area contributed by atoms with E-state index < -0.39 is 12.2 Å². The van der Waals surface area contributed by atoms with E-state index in [0.717, 1.165) is 5.56 Å². The fourth-order valence-electron chi connectivity index (χ4n) is 1.97. The second-order valence-electron chi connectivity index (χ2n) is 4.16. The molecule has 1 aliphatic heterocycles. The number of likely N-dealkylation sites (tertiary alicyclic amines) is 1. The van der Waals surface area contributed by atoms with Crippen LogP contribution in [0.5, 0.6) is 5.75 Å². The average molecular weight is 245 g/mol. The lowest BCUT2D eigenvalue weighted by Crippen LogP contribution is -2.55. The molecule has 2 rings (SSSR count). The summed E-state index contributed by atoms with van der Waals surface area (Å²) in [6.07, 6.45) is -3.90. The van der Waals surface area contributed by atoms with Crippen molar-refractivity contribution in [1.29, 1.82) is 0 Å². The van der Waals surface area contributed by atoms with Gasteiger partial charge in [0.05, 0.1) is 7.11 Å². The molecule has 0 aromatic heterocycles. The van der Waals surface area contributed by atoms with Gasteiger partial charge >= 0.3 is 6.18 Å².